The third-order valence-electron chi connectivity index (χ3n) is 5.76. The van der Waals surface area contributed by atoms with Crippen molar-refractivity contribution in [1.29, 1.82) is 0 Å². The van der Waals surface area contributed by atoms with Gasteiger partial charge in [0.1, 0.15) is 5.82 Å². The van der Waals surface area contributed by atoms with Gasteiger partial charge in [-0.25, -0.2) is 4.98 Å². The summed E-state index contributed by atoms with van der Waals surface area (Å²) in [6.45, 7) is 4.63. The molecule has 1 heterocycles. The summed E-state index contributed by atoms with van der Waals surface area (Å²) in [5.41, 5.74) is 5.08. The van der Waals surface area contributed by atoms with E-state index >= 15 is 0 Å². The van der Waals surface area contributed by atoms with Crippen molar-refractivity contribution in [3.8, 4) is 0 Å². The summed E-state index contributed by atoms with van der Waals surface area (Å²) in [6, 6.07) is 0.339. The van der Waals surface area contributed by atoms with Gasteiger partial charge in [0.2, 0.25) is 5.95 Å². The highest BCUT2D eigenvalue weighted by atomic mass is 16.5. The van der Waals surface area contributed by atoms with Gasteiger partial charge in [-0.15, -0.1) is 0 Å². The first-order valence-electron chi connectivity index (χ1n) is 10.4. The van der Waals surface area contributed by atoms with E-state index in [9.17, 15) is 9.90 Å². The third kappa shape index (κ3) is 5.54. The van der Waals surface area contributed by atoms with E-state index in [1.54, 1.807) is 0 Å². The number of amides is 1. The van der Waals surface area contributed by atoms with Crippen molar-refractivity contribution in [3.63, 3.8) is 0 Å². The monoisotopic (exact) mass is 391 g/mol. The van der Waals surface area contributed by atoms with Crippen LogP contribution >= 0.6 is 0 Å². The summed E-state index contributed by atoms with van der Waals surface area (Å²) in [7, 11) is 0. The number of rotatable bonds is 7. The molecular formula is C20H33N5O3. The van der Waals surface area contributed by atoms with Gasteiger partial charge < -0.3 is 26.2 Å². The minimum Gasteiger partial charge on any atom is -0.390 e. The maximum atomic E-state index is 11.8. The minimum atomic E-state index is -0.698. The van der Waals surface area contributed by atoms with Crippen LogP contribution in [0.4, 0.5) is 11.8 Å². The lowest BCUT2D eigenvalue weighted by Gasteiger charge is -2.34. The Morgan fingerprint density at radius 3 is 2.68 bits per heavy atom. The number of carbonyl (C=O) groups excluding carboxylic acids is 1. The van der Waals surface area contributed by atoms with Crippen molar-refractivity contribution in [2.24, 2.45) is 5.73 Å². The predicted octanol–water partition coefficient (Wildman–Crippen LogP) is 2.44. The number of ether oxygens (including phenoxy) is 1. The number of nitrogens with two attached hydrogens (primary N) is 1. The molecule has 2 atom stereocenters. The molecule has 2 fully saturated rings. The van der Waals surface area contributed by atoms with Gasteiger partial charge in [0.25, 0.3) is 5.91 Å². The highest BCUT2D eigenvalue weighted by Gasteiger charge is 2.31. The molecule has 2 saturated carbocycles. The van der Waals surface area contributed by atoms with Crippen molar-refractivity contribution >= 4 is 17.7 Å². The summed E-state index contributed by atoms with van der Waals surface area (Å²) >= 11 is 0. The second-order valence-electron chi connectivity index (χ2n) is 8.33. The Bertz CT molecular complexity index is 674. The van der Waals surface area contributed by atoms with Gasteiger partial charge in [-0.05, 0) is 65.2 Å². The molecule has 1 amide bonds. The second kappa shape index (κ2) is 9.05. The molecule has 0 unspecified atom stereocenters. The molecule has 2 aliphatic rings. The van der Waals surface area contributed by atoms with Gasteiger partial charge in [-0.2, -0.15) is 4.98 Å². The molecule has 2 aliphatic carbocycles. The molecule has 0 aromatic carbocycles. The Kier molecular flexibility index (Phi) is 6.72. The van der Waals surface area contributed by atoms with E-state index in [0.717, 1.165) is 51.6 Å². The fourth-order valence-corrected chi connectivity index (χ4v) is 4.31. The van der Waals surface area contributed by atoms with Crippen LogP contribution < -0.4 is 16.4 Å². The Balaban J connectivity index is 1.67. The maximum absolute atomic E-state index is 11.8. The lowest BCUT2D eigenvalue weighted by atomic mass is 9.83. The molecule has 1 aromatic rings. The number of hydrogen-bond acceptors (Lipinski definition) is 7. The zero-order chi connectivity index (χ0) is 20.1. The van der Waals surface area contributed by atoms with Crippen molar-refractivity contribution in [2.45, 2.75) is 89.0 Å². The molecule has 0 bridgehead atoms. The average Bonchev–Trinajstić information content (AvgIpc) is 2.63. The molecule has 0 aliphatic heterocycles. The van der Waals surface area contributed by atoms with Gasteiger partial charge in [0.15, 0.2) is 0 Å². The molecule has 28 heavy (non-hydrogen) atoms. The van der Waals surface area contributed by atoms with E-state index in [1.807, 2.05) is 13.8 Å². The first-order chi connectivity index (χ1) is 13.4. The van der Waals surface area contributed by atoms with Crippen LogP contribution in [0.15, 0.2) is 6.20 Å². The lowest BCUT2D eigenvalue weighted by molar-refractivity contribution is 0.0182. The normalized spacial score (nSPS) is 30.6. The van der Waals surface area contributed by atoms with Crippen molar-refractivity contribution in [3.05, 3.63) is 11.8 Å². The zero-order valence-electron chi connectivity index (χ0n) is 16.9. The van der Waals surface area contributed by atoms with Crippen LogP contribution in [0, 0.1) is 0 Å². The largest absolute Gasteiger partial charge is 0.390 e. The predicted molar refractivity (Wildman–Crippen MR) is 108 cm³/mol. The van der Waals surface area contributed by atoms with E-state index in [4.69, 9.17) is 10.5 Å². The lowest BCUT2D eigenvalue weighted by Crippen LogP contribution is -2.38. The second-order valence-corrected chi connectivity index (χ2v) is 8.33. The first-order valence-corrected chi connectivity index (χ1v) is 10.4. The molecule has 5 N–H and O–H groups in total. The van der Waals surface area contributed by atoms with E-state index in [1.165, 1.54) is 6.20 Å². The Labute approximate surface area is 166 Å². The summed E-state index contributed by atoms with van der Waals surface area (Å²) in [5.74, 6) is 0.375. The van der Waals surface area contributed by atoms with Gasteiger partial charge in [0, 0.05) is 24.9 Å². The Morgan fingerprint density at radius 1 is 1.29 bits per heavy atom. The molecule has 0 radical (unpaired) electrons. The van der Waals surface area contributed by atoms with Crippen LogP contribution in [0.3, 0.4) is 0 Å². The number of nitrogens with one attached hydrogen (secondary N) is 2. The Morgan fingerprint density at radius 2 is 2.04 bits per heavy atom. The van der Waals surface area contributed by atoms with Gasteiger partial charge in [0.05, 0.1) is 17.3 Å². The van der Waals surface area contributed by atoms with Crippen LogP contribution in [0.5, 0.6) is 0 Å². The average molecular weight is 392 g/mol. The molecule has 0 saturated heterocycles. The number of hydrogen-bond donors (Lipinski definition) is 4. The molecule has 156 valence electrons. The van der Waals surface area contributed by atoms with Gasteiger partial charge in [-0.1, -0.05) is 0 Å². The standard InChI is InChI=1S/C20H33N5O3/c1-3-28-15-8-6-13(7-9-15)24-19-22-12-16(17(21)26)18(25-19)23-14-5-4-10-20(2,27)11-14/h12-15,27H,3-11H2,1-2H3,(H2,21,26)(H2,22,23,24,25)/t13?,14-,15?,20-/m0/s1. The highest BCUT2D eigenvalue weighted by molar-refractivity contribution is 5.97. The summed E-state index contributed by atoms with van der Waals surface area (Å²) in [5, 5.41) is 17.0. The number of anilines is 2. The van der Waals surface area contributed by atoms with Crippen molar-refractivity contribution in [1.82, 2.24) is 9.97 Å². The third-order valence-corrected chi connectivity index (χ3v) is 5.76. The Hall–Kier alpha value is -1.93. The molecule has 8 nitrogen and oxygen atoms in total. The molecule has 3 rings (SSSR count). The fraction of sp³-hybridized carbons (Fsp3) is 0.750. The number of aromatic nitrogens is 2. The molecular weight excluding hydrogens is 358 g/mol. The van der Waals surface area contributed by atoms with Crippen LogP contribution in [0.25, 0.3) is 0 Å². The van der Waals surface area contributed by atoms with Crippen LogP contribution in [-0.4, -0.2) is 51.4 Å². The van der Waals surface area contributed by atoms with E-state index < -0.39 is 11.5 Å². The molecule has 0 spiro atoms. The fourth-order valence-electron chi connectivity index (χ4n) is 4.31. The van der Waals surface area contributed by atoms with Gasteiger partial charge >= 0.3 is 0 Å². The zero-order valence-corrected chi connectivity index (χ0v) is 16.9. The number of primary amides is 1. The highest BCUT2D eigenvalue weighted by Crippen LogP contribution is 2.30. The molecule has 8 heteroatoms. The summed E-state index contributed by atoms with van der Waals surface area (Å²) in [4.78, 5) is 20.6. The van der Waals surface area contributed by atoms with E-state index in [2.05, 4.69) is 20.6 Å². The number of aliphatic hydroxyl groups is 1. The van der Waals surface area contributed by atoms with E-state index in [0.29, 0.717) is 30.3 Å². The van der Waals surface area contributed by atoms with E-state index in [-0.39, 0.29) is 11.6 Å². The van der Waals surface area contributed by atoms with Crippen LogP contribution in [0.1, 0.15) is 75.6 Å². The quantitative estimate of drug-likeness (QED) is 0.563. The number of nitrogens with zero attached hydrogens (tertiary/aromatic N) is 2. The van der Waals surface area contributed by atoms with Gasteiger partial charge in [-0.3, -0.25) is 4.79 Å². The van der Waals surface area contributed by atoms with Crippen molar-refractivity contribution in [2.75, 3.05) is 17.2 Å². The van der Waals surface area contributed by atoms with Crippen LogP contribution in [0.2, 0.25) is 0 Å². The number of carbonyl (C=O) groups is 1. The first kappa shape index (κ1) is 20.8. The topological polar surface area (TPSA) is 122 Å². The minimum absolute atomic E-state index is 0.0474. The molecule has 1 aromatic heterocycles. The summed E-state index contributed by atoms with van der Waals surface area (Å²) in [6.07, 6.45) is 9.11. The maximum Gasteiger partial charge on any atom is 0.254 e. The van der Waals surface area contributed by atoms with Crippen molar-refractivity contribution < 1.29 is 14.6 Å². The summed E-state index contributed by atoms with van der Waals surface area (Å²) < 4.78 is 5.70. The SMILES string of the molecule is CCOC1CCC(Nc2ncc(C(N)=O)c(N[C@H]3CCC[C@](C)(O)C3)n2)CC1. The van der Waals surface area contributed by atoms with Crippen LogP contribution in [-0.2, 0) is 4.74 Å². The smallest absolute Gasteiger partial charge is 0.254 e.